The minimum absolute atomic E-state index is 0.0880. The van der Waals surface area contributed by atoms with Gasteiger partial charge in [0.1, 0.15) is 19.1 Å². The fourth-order valence-electron chi connectivity index (χ4n) is 1.27. The molecule has 2 amide bonds. The SMILES string of the molecule is CC[N+]1(CC)N=C([O-])N(C)C1=O. The third kappa shape index (κ3) is 0.972. The molecule has 5 nitrogen and oxygen atoms in total. The highest BCUT2D eigenvalue weighted by Gasteiger charge is 2.42. The van der Waals surface area contributed by atoms with Gasteiger partial charge in [-0.2, -0.15) is 0 Å². The van der Waals surface area contributed by atoms with Crippen LogP contribution in [-0.4, -0.2) is 41.7 Å². The largest absolute Gasteiger partial charge is 0.842 e. The quantitative estimate of drug-likeness (QED) is 0.528. The smallest absolute Gasteiger partial charge is 0.450 e. The Morgan fingerprint density at radius 2 is 2.00 bits per heavy atom. The highest BCUT2D eigenvalue weighted by Crippen LogP contribution is 2.17. The molecular formula is C7H13N3O2. The number of nitrogens with zero attached hydrogens (tertiary/aromatic N) is 3. The lowest BCUT2D eigenvalue weighted by Gasteiger charge is -2.22. The molecular weight excluding hydrogens is 158 g/mol. The Morgan fingerprint density at radius 1 is 1.50 bits per heavy atom. The molecule has 0 atom stereocenters. The van der Waals surface area contributed by atoms with E-state index in [-0.39, 0.29) is 10.6 Å². The third-order valence-electron chi connectivity index (χ3n) is 2.25. The maximum Gasteiger partial charge on any atom is 0.450 e. The number of urea groups is 1. The van der Waals surface area contributed by atoms with Gasteiger partial charge in [0.25, 0.3) is 0 Å². The van der Waals surface area contributed by atoms with Crippen LogP contribution >= 0.6 is 0 Å². The van der Waals surface area contributed by atoms with E-state index >= 15 is 0 Å². The summed E-state index contributed by atoms with van der Waals surface area (Å²) in [4.78, 5) is 12.5. The molecule has 0 spiro atoms. The van der Waals surface area contributed by atoms with Crippen LogP contribution in [0.15, 0.2) is 5.10 Å². The lowest BCUT2D eigenvalue weighted by atomic mass is 10.5. The van der Waals surface area contributed by atoms with E-state index in [1.165, 1.54) is 7.05 Å². The second-order valence-electron chi connectivity index (χ2n) is 2.78. The molecule has 1 rings (SSSR count). The van der Waals surface area contributed by atoms with Crippen LogP contribution in [0.1, 0.15) is 13.8 Å². The number of carbonyl (C=O) groups excluding carboxylic acids is 1. The van der Waals surface area contributed by atoms with Crippen LogP contribution in [0.25, 0.3) is 0 Å². The van der Waals surface area contributed by atoms with Crippen LogP contribution in [0, 0.1) is 0 Å². The van der Waals surface area contributed by atoms with Gasteiger partial charge < -0.3 is 5.11 Å². The summed E-state index contributed by atoms with van der Waals surface area (Å²) in [6.45, 7) is 4.76. The summed E-state index contributed by atoms with van der Waals surface area (Å²) in [5.41, 5.74) is 0. The van der Waals surface area contributed by atoms with Gasteiger partial charge in [0.05, 0.1) is 0 Å². The molecule has 0 aliphatic carbocycles. The summed E-state index contributed by atoms with van der Waals surface area (Å²) in [7, 11) is 1.46. The molecule has 0 aromatic rings. The van der Waals surface area contributed by atoms with Crippen molar-refractivity contribution in [2.75, 3.05) is 20.1 Å². The zero-order valence-electron chi connectivity index (χ0n) is 7.57. The molecule has 0 saturated heterocycles. The summed E-state index contributed by atoms with van der Waals surface area (Å²) < 4.78 is -0.0880. The summed E-state index contributed by atoms with van der Waals surface area (Å²) in [5, 5.41) is 14.8. The lowest BCUT2D eigenvalue weighted by Crippen LogP contribution is -2.49. The molecule has 1 aliphatic rings. The van der Waals surface area contributed by atoms with Crippen molar-refractivity contribution in [3.63, 3.8) is 0 Å². The van der Waals surface area contributed by atoms with Gasteiger partial charge in [-0.05, 0) is 13.8 Å². The van der Waals surface area contributed by atoms with Gasteiger partial charge in [-0.1, -0.05) is 5.10 Å². The number of hydrogen-bond donors (Lipinski definition) is 0. The maximum absolute atomic E-state index is 11.5. The zero-order chi connectivity index (χ0) is 9.35. The Labute approximate surface area is 71.5 Å². The fourth-order valence-corrected chi connectivity index (χ4v) is 1.27. The second-order valence-corrected chi connectivity index (χ2v) is 2.78. The van der Waals surface area contributed by atoms with Crippen molar-refractivity contribution in [3.8, 4) is 0 Å². The van der Waals surface area contributed by atoms with E-state index < -0.39 is 6.02 Å². The molecule has 0 radical (unpaired) electrons. The molecule has 0 saturated carbocycles. The first-order valence-electron chi connectivity index (χ1n) is 4.00. The monoisotopic (exact) mass is 171 g/mol. The van der Waals surface area contributed by atoms with Crippen LogP contribution < -0.4 is 5.11 Å². The zero-order valence-corrected chi connectivity index (χ0v) is 7.57. The average Bonchev–Trinajstić information content (AvgIpc) is 2.30. The van der Waals surface area contributed by atoms with Gasteiger partial charge in [0, 0.05) is 7.05 Å². The fraction of sp³-hybridized carbons (Fsp3) is 0.714. The molecule has 5 heteroatoms. The van der Waals surface area contributed by atoms with Crippen LogP contribution in [-0.2, 0) is 0 Å². The molecule has 0 unspecified atom stereocenters. The van der Waals surface area contributed by atoms with Crippen molar-refractivity contribution in [3.05, 3.63) is 0 Å². The van der Waals surface area contributed by atoms with E-state index in [9.17, 15) is 9.90 Å². The average molecular weight is 171 g/mol. The number of amides is 2. The molecule has 1 aliphatic heterocycles. The van der Waals surface area contributed by atoms with Gasteiger partial charge >= 0.3 is 6.03 Å². The number of quaternary nitrogens is 1. The van der Waals surface area contributed by atoms with Gasteiger partial charge in [0.2, 0.25) is 0 Å². The summed E-state index contributed by atoms with van der Waals surface area (Å²) in [6.07, 6.45) is 0. The minimum atomic E-state index is -0.441. The predicted molar refractivity (Wildman–Crippen MR) is 41.9 cm³/mol. The van der Waals surface area contributed by atoms with E-state index in [1.54, 1.807) is 0 Å². The molecule has 12 heavy (non-hydrogen) atoms. The van der Waals surface area contributed by atoms with Gasteiger partial charge in [-0.15, -0.1) is 4.59 Å². The van der Waals surface area contributed by atoms with Crippen LogP contribution in [0.3, 0.4) is 0 Å². The van der Waals surface area contributed by atoms with Crippen LogP contribution in [0.4, 0.5) is 4.79 Å². The predicted octanol–water partition coefficient (Wildman–Crippen LogP) is -0.460. The Bertz CT molecular complexity index is 233. The van der Waals surface area contributed by atoms with Crippen molar-refractivity contribution < 1.29 is 14.5 Å². The van der Waals surface area contributed by atoms with Crippen molar-refractivity contribution >= 4 is 12.1 Å². The van der Waals surface area contributed by atoms with E-state index in [2.05, 4.69) is 5.10 Å². The number of hydrogen-bond acceptors (Lipinski definition) is 3. The molecule has 1 heterocycles. The normalized spacial score (nSPS) is 21.4. The summed E-state index contributed by atoms with van der Waals surface area (Å²) in [6, 6.07) is -0.672. The van der Waals surface area contributed by atoms with Crippen molar-refractivity contribution in [2.24, 2.45) is 5.10 Å². The third-order valence-corrected chi connectivity index (χ3v) is 2.25. The van der Waals surface area contributed by atoms with Crippen LogP contribution in [0.5, 0.6) is 0 Å². The highest BCUT2D eigenvalue weighted by atomic mass is 16.3. The molecule has 0 aromatic carbocycles. The van der Waals surface area contributed by atoms with E-state index in [4.69, 9.17) is 0 Å². The summed E-state index contributed by atoms with van der Waals surface area (Å²) >= 11 is 0. The molecule has 0 fully saturated rings. The first-order valence-corrected chi connectivity index (χ1v) is 4.00. The summed E-state index contributed by atoms with van der Waals surface area (Å²) in [5.74, 6) is 0. The van der Waals surface area contributed by atoms with E-state index in [0.717, 1.165) is 4.90 Å². The lowest BCUT2D eigenvalue weighted by molar-refractivity contribution is -0.851. The Balaban J connectivity index is 3.01. The number of carbonyl (C=O) groups is 1. The van der Waals surface area contributed by atoms with Crippen molar-refractivity contribution in [1.82, 2.24) is 4.90 Å². The van der Waals surface area contributed by atoms with E-state index in [1.807, 2.05) is 13.8 Å². The Morgan fingerprint density at radius 3 is 2.17 bits per heavy atom. The van der Waals surface area contributed by atoms with Crippen LogP contribution in [0.2, 0.25) is 0 Å². The van der Waals surface area contributed by atoms with Crippen molar-refractivity contribution in [1.29, 1.82) is 0 Å². The number of rotatable bonds is 2. The maximum atomic E-state index is 11.5. The second kappa shape index (κ2) is 2.75. The van der Waals surface area contributed by atoms with Gasteiger partial charge in [0.15, 0.2) is 0 Å². The Kier molecular flexibility index (Phi) is 2.06. The standard InChI is InChI=1S/C7H13N3O2/c1-4-10(5-2)7(12)9(3)6(11)8-10/h4-5H2,1-3H3. The number of amidine groups is 1. The van der Waals surface area contributed by atoms with Crippen molar-refractivity contribution in [2.45, 2.75) is 13.8 Å². The highest BCUT2D eigenvalue weighted by molar-refractivity contribution is 5.90. The first-order chi connectivity index (χ1) is 5.57. The molecule has 0 aromatic heterocycles. The molecule has 0 bridgehead atoms. The minimum Gasteiger partial charge on any atom is -0.842 e. The molecule has 68 valence electrons. The van der Waals surface area contributed by atoms with Gasteiger partial charge in [-0.3, -0.25) is 4.90 Å². The Hall–Kier alpha value is -1.10. The first kappa shape index (κ1) is 8.99. The molecule has 0 N–H and O–H groups in total. The van der Waals surface area contributed by atoms with Gasteiger partial charge in [-0.25, -0.2) is 4.79 Å². The van der Waals surface area contributed by atoms with E-state index in [0.29, 0.717) is 13.1 Å². The topological polar surface area (TPSA) is 55.7 Å².